The highest BCUT2D eigenvalue weighted by Crippen LogP contribution is 2.30. The van der Waals surface area contributed by atoms with Gasteiger partial charge in [0.25, 0.3) is 5.91 Å². The standard InChI is InChI=1S/C23H20BrN5O4S/c1-11(21-27-16-5-2-13(24)9-18(16)34-21)25-23(33)26-14-3-4-15-12(8-14)10-29(22(15)32)17-6-7-19(30)28-20(17)31/h2-5,8-9,11,17H,6-7,10H2,1H3,(H2,25,26,33)(H,28,30,31)/t11-,17?/m1/s1. The number of hydrogen-bond acceptors (Lipinski definition) is 6. The van der Waals surface area contributed by atoms with Crippen molar-refractivity contribution in [1.29, 1.82) is 0 Å². The van der Waals surface area contributed by atoms with Crippen molar-refractivity contribution in [3.05, 3.63) is 57.0 Å². The van der Waals surface area contributed by atoms with Crippen LogP contribution in [0.1, 0.15) is 46.7 Å². The van der Waals surface area contributed by atoms with Gasteiger partial charge < -0.3 is 15.5 Å². The van der Waals surface area contributed by atoms with Gasteiger partial charge in [-0.15, -0.1) is 11.3 Å². The molecule has 0 saturated carbocycles. The largest absolute Gasteiger partial charge is 0.329 e. The van der Waals surface area contributed by atoms with Crippen LogP contribution in [0.3, 0.4) is 0 Å². The van der Waals surface area contributed by atoms with Gasteiger partial charge in [0.2, 0.25) is 11.8 Å². The molecule has 0 aliphatic carbocycles. The van der Waals surface area contributed by atoms with Crippen molar-refractivity contribution in [1.82, 2.24) is 20.5 Å². The molecule has 34 heavy (non-hydrogen) atoms. The number of carbonyl (C=O) groups is 4. The summed E-state index contributed by atoms with van der Waals surface area (Å²) >= 11 is 4.97. The zero-order valence-corrected chi connectivity index (χ0v) is 20.5. The van der Waals surface area contributed by atoms with Crippen LogP contribution in [0.5, 0.6) is 0 Å². The number of urea groups is 1. The first kappa shape index (κ1) is 22.5. The summed E-state index contributed by atoms with van der Waals surface area (Å²) in [6.45, 7) is 2.11. The second kappa shape index (κ2) is 8.80. The maximum atomic E-state index is 12.8. The van der Waals surface area contributed by atoms with Gasteiger partial charge in [-0.25, -0.2) is 9.78 Å². The number of halogens is 1. The molecule has 5 rings (SSSR count). The van der Waals surface area contributed by atoms with Gasteiger partial charge in [0.15, 0.2) is 0 Å². The van der Waals surface area contributed by atoms with Gasteiger partial charge in [-0.2, -0.15) is 0 Å². The number of nitrogens with zero attached hydrogens (tertiary/aromatic N) is 2. The van der Waals surface area contributed by atoms with Gasteiger partial charge in [0.05, 0.1) is 16.3 Å². The lowest BCUT2D eigenvalue weighted by Crippen LogP contribution is -2.52. The Morgan fingerprint density at radius 2 is 2.06 bits per heavy atom. The van der Waals surface area contributed by atoms with Crippen molar-refractivity contribution in [2.75, 3.05) is 5.32 Å². The normalized spacial score (nSPS) is 18.6. The van der Waals surface area contributed by atoms with E-state index in [-0.39, 0.29) is 36.9 Å². The van der Waals surface area contributed by atoms with E-state index in [2.05, 4.69) is 36.9 Å². The van der Waals surface area contributed by atoms with Crippen LogP contribution in [-0.4, -0.2) is 39.7 Å². The molecule has 0 spiro atoms. The van der Waals surface area contributed by atoms with Crippen LogP contribution in [-0.2, 0) is 16.1 Å². The number of carbonyl (C=O) groups excluding carboxylic acids is 4. The number of aromatic nitrogens is 1. The van der Waals surface area contributed by atoms with Gasteiger partial charge in [-0.3, -0.25) is 19.7 Å². The number of thiazole rings is 1. The lowest BCUT2D eigenvalue weighted by molar-refractivity contribution is -0.136. The zero-order valence-electron chi connectivity index (χ0n) is 18.1. The van der Waals surface area contributed by atoms with Crippen LogP contribution < -0.4 is 16.0 Å². The summed E-state index contributed by atoms with van der Waals surface area (Å²) in [5.41, 5.74) is 2.62. The molecule has 1 aromatic heterocycles. The molecule has 3 N–H and O–H groups in total. The highest BCUT2D eigenvalue weighted by molar-refractivity contribution is 9.10. The van der Waals surface area contributed by atoms with Crippen LogP contribution in [0, 0.1) is 0 Å². The second-order valence-electron chi connectivity index (χ2n) is 8.26. The molecule has 2 aromatic carbocycles. The lowest BCUT2D eigenvalue weighted by Gasteiger charge is -2.29. The fraction of sp³-hybridized carbons (Fsp3) is 0.261. The molecular formula is C23H20BrN5O4S. The Kier molecular flexibility index (Phi) is 5.82. The van der Waals surface area contributed by atoms with E-state index in [9.17, 15) is 19.2 Å². The first-order valence-electron chi connectivity index (χ1n) is 10.7. The van der Waals surface area contributed by atoms with Crippen LogP contribution in [0.4, 0.5) is 10.5 Å². The van der Waals surface area contributed by atoms with Gasteiger partial charge in [-0.05, 0) is 55.3 Å². The second-order valence-corrected chi connectivity index (χ2v) is 10.2. The Bertz CT molecular complexity index is 1360. The van der Waals surface area contributed by atoms with Crippen LogP contribution in [0.15, 0.2) is 40.9 Å². The molecule has 5 amide bonds. The van der Waals surface area contributed by atoms with E-state index in [1.54, 1.807) is 18.2 Å². The molecule has 11 heteroatoms. The van der Waals surface area contributed by atoms with E-state index < -0.39 is 11.9 Å². The average Bonchev–Trinajstić information content (AvgIpc) is 3.34. The molecule has 0 radical (unpaired) electrons. The van der Waals surface area contributed by atoms with Crippen LogP contribution in [0.25, 0.3) is 10.2 Å². The van der Waals surface area contributed by atoms with E-state index in [0.717, 1.165) is 25.3 Å². The molecule has 1 unspecified atom stereocenters. The monoisotopic (exact) mass is 541 g/mol. The van der Waals surface area contributed by atoms with Crippen molar-refractivity contribution >= 4 is 66.9 Å². The third kappa shape index (κ3) is 4.28. The summed E-state index contributed by atoms with van der Waals surface area (Å²) in [5, 5.41) is 8.78. The van der Waals surface area contributed by atoms with E-state index in [4.69, 9.17) is 0 Å². The molecule has 3 aromatic rings. The molecule has 9 nitrogen and oxygen atoms in total. The number of piperidine rings is 1. The van der Waals surface area contributed by atoms with Crippen molar-refractivity contribution in [2.24, 2.45) is 0 Å². The fourth-order valence-electron chi connectivity index (χ4n) is 4.18. The SMILES string of the molecule is C[C@@H](NC(=O)Nc1ccc2c(c1)CN(C1CCC(=O)NC1=O)C2=O)c1nc2ccc(Br)cc2s1. The number of nitrogens with one attached hydrogen (secondary N) is 3. The van der Waals surface area contributed by atoms with Crippen molar-refractivity contribution < 1.29 is 19.2 Å². The molecule has 2 aliphatic rings. The predicted octanol–water partition coefficient (Wildman–Crippen LogP) is 3.70. The van der Waals surface area contributed by atoms with Gasteiger partial charge in [0, 0.05) is 28.7 Å². The Balaban J connectivity index is 1.24. The van der Waals surface area contributed by atoms with Crippen molar-refractivity contribution in [2.45, 2.75) is 38.4 Å². The summed E-state index contributed by atoms with van der Waals surface area (Å²) in [6.07, 6.45) is 0.506. The molecular weight excluding hydrogens is 522 g/mol. The van der Waals surface area contributed by atoms with E-state index >= 15 is 0 Å². The third-order valence-corrected chi connectivity index (χ3v) is 7.56. The van der Waals surface area contributed by atoms with E-state index in [1.165, 1.54) is 16.2 Å². The minimum atomic E-state index is -0.674. The van der Waals surface area contributed by atoms with Crippen LogP contribution in [0.2, 0.25) is 0 Å². The van der Waals surface area contributed by atoms with Gasteiger partial charge in [0.1, 0.15) is 11.0 Å². The summed E-state index contributed by atoms with van der Waals surface area (Å²) < 4.78 is 2.00. The summed E-state index contributed by atoms with van der Waals surface area (Å²) in [7, 11) is 0. The average molecular weight is 542 g/mol. The predicted molar refractivity (Wildman–Crippen MR) is 130 cm³/mol. The third-order valence-electron chi connectivity index (χ3n) is 5.87. The summed E-state index contributed by atoms with van der Waals surface area (Å²) in [6, 6.07) is 9.53. The minimum Gasteiger partial charge on any atom is -0.329 e. The van der Waals surface area contributed by atoms with E-state index in [0.29, 0.717) is 17.7 Å². The summed E-state index contributed by atoms with van der Waals surface area (Å²) in [4.78, 5) is 55.1. The first-order chi connectivity index (χ1) is 16.3. The maximum Gasteiger partial charge on any atom is 0.319 e. The van der Waals surface area contributed by atoms with Gasteiger partial charge >= 0.3 is 6.03 Å². The number of anilines is 1. The highest BCUT2D eigenvalue weighted by Gasteiger charge is 2.39. The molecule has 1 saturated heterocycles. The Labute approximate surface area is 207 Å². The molecule has 2 atom stereocenters. The Morgan fingerprint density at radius 1 is 1.24 bits per heavy atom. The minimum absolute atomic E-state index is 0.202. The smallest absolute Gasteiger partial charge is 0.319 e. The van der Waals surface area contributed by atoms with E-state index in [1.807, 2.05) is 25.1 Å². The van der Waals surface area contributed by atoms with Crippen LogP contribution >= 0.6 is 27.3 Å². The van der Waals surface area contributed by atoms with Crippen molar-refractivity contribution in [3.8, 4) is 0 Å². The summed E-state index contributed by atoms with van der Waals surface area (Å²) in [5.74, 6) is -1.03. The Hall–Kier alpha value is -3.31. The fourth-order valence-corrected chi connectivity index (χ4v) is 5.70. The number of amides is 5. The number of rotatable bonds is 4. The maximum absolute atomic E-state index is 12.8. The highest BCUT2D eigenvalue weighted by atomic mass is 79.9. The molecule has 1 fully saturated rings. The Morgan fingerprint density at radius 3 is 2.85 bits per heavy atom. The zero-order chi connectivity index (χ0) is 24.0. The topological polar surface area (TPSA) is 120 Å². The number of fused-ring (bicyclic) bond motifs is 2. The number of hydrogen-bond donors (Lipinski definition) is 3. The first-order valence-corrected chi connectivity index (χ1v) is 12.3. The molecule has 174 valence electrons. The number of benzene rings is 2. The molecule has 3 heterocycles. The quantitative estimate of drug-likeness (QED) is 0.435. The molecule has 2 aliphatic heterocycles. The number of imide groups is 1. The van der Waals surface area contributed by atoms with Gasteiger partial charge in [-0.1, -0.05) is 15.9 Å². The lowest BCUT2D eigenvalue weighted by atomic mass is 10.0. The molecule has 0 bridgehead atoms. The van der Waals surface area contributed by atoms with Crippen molar-refractivity contribution in [3.63, 3.8) is 0 Å².